The molecule has 0 saturated heterocycles. The summed E-state index contributed by atoms with van der Waals surface area (Å²) in [7, 11) is -4.04. The van der Waals surface area contributed by atoms with Crippen molar-refractivity contribution in [2.75, 3.05) is 10.5 Å². The fraction of sp³-hybridized carbons (Fsp3) is 0.0833. The first-order chi connectivity index (χ1) is 9.70. The molecule has 0 aliphatic heterocycles. The van der Waals surface area contributed by atoms with E-state index in [9.17, 15) is 12.8 Å². The molecule has 1 heterocycles. The summed E-state index contributed by atoms with van der Waals surface area (Å²) in [5.74, 6) is -0.700. The van der Waals surface area contributed by atoms with Gasteiger partial charge in [0.25, 0.3) is 10.0 Å². The van der Waals surface area contributed by atoms with Crippen molar-refractivity contribution in [1.29, 1.82) is 0 Å². The zero-order valence-corrected chi connectivity index (χ0v) is 13.9. The lowest BCUT2D eigenvalue weighted by atomic mass is 10.2. The monoisotopic (exact) mass is 393 g/mol. The van der Waals surface area contributed by atoms with Crippen molar-refractivity contribution in [3.8, 4) is 0 Å². The van der Waals surface area contributed by atoms with Gasteiger partial charge in [-0.05, 0) is 41.1 Å². The van der Waals surface area contributed by atoms with Crippen molar-refractivity contribution < 1.29 is 12.8 Å². The summed E-state index contributed by atoms with van der Waals surface area (Å²) in [5.41, 5.74) is 5.55. The highest BCUT2D eigenvalue weighted by atomic mass is 79.9. The Morgan fingerprint density at radius 3 is 2.71 bits per heavy atom. The number of aromatic nitrogens is 1. The van der Waals surface area contributed by atoms with Gasteiger partial charge in [0, 0.05) is 21.9 Å². The smallest absolute Gasteiger partial charge is 0.262 e. The second-order valence-corrected chi connectivity index (χ2v) is 7.15. The molecular weight excluding hydrogens is 385 g/mol. The Morgan fingerprint density at radius 2 is 2.05 bits per heavy atom. The van der Waals surface area contributed by atoms with Crippen LogP contribution >= 0.6 is 27.5 Å². The number of rotatable bonds is 3. The van der Waals surface area contributed by atoms with Crippen LogP contribution in [0, 0.1) is 12.7 Å². The third-order valence-corrected chi connectivity index (χ3v) is 4.89. The Hall–Kier alpha value is -1.38. The average molecular weight is 395 g/mol. The quantitative estimate of drug-likeness (QED) is 0.618. The first-order valence-electron chi connectivity index (χ1n) is 5.60. The number of nitrogens with two attached hydrogens (primary N) is 1. The number of sulfonamides is 1. The molecule has 0 radical (unpaired) electrons. The van der Waals surface area contributed by atoms with Crippen LogP contribution in [-0.2, 0) is 10.0 Å². The molecule has 21 heavy (non-hydrogen) atoms. The molecule has 5 nitrogen and oxygen atoms in total. The highest BCUT2D eigenvalue weighted by molar-refractivity contribution is 9.10. The number of hydrogen-bond donors (Lipinski definition) is 2. The number of halogens is 3. The van der Waals surface area contributed by atoms with Crippen LogP contribution in [0.3, 0.4) is 0 Å². The topological polar surface area (TPSA) is 85.1 Å². The van der Waals surface area contributed by atoms with E-state index in [1.807, 2.05) is 0 Å². The van der Waals surface area contributed by atoms with Crippen LogP contribution < -0.4 is 10.5 Å². The van der Waals surface area contributed by atoms with Crippen molar-refractivity contribution in [1.82, 2.24) is 4.98 Å². The number of hydrogen-bond acceptors (Lipinski definition) is 4. The highest BCUT2D eigenvalue weighted by Crippen LogP contribution is 2.28. The zero-order chi connectivity index (χ0) is 15.8. The van der Waals surface area contributed by atoms with E-state index in [1.165, 1.54) is 25.3 Å². The summed E-state index contributed by atoms with van der Waals surface area (Å²) in [6, 6.07) is 3.69. The van der Waals surface area contributed by atoms with E-state index in [2.05, 4.69) is 25.6 Å². The predicted octanol–water partition coefficient (Wildman–Crippen LogP) is 3.33. The van der Waals surface area contributed by atoms with Gasteiger partial charge in [-0.3, -0.25) is 4.72 Å². The third-order valence-electron chi connectivity index (χ3n) is 2.66. The van der Waals surface area contributed by atoms with Gasteiger partial charge in [0.2, 0.25) is 0 Å². The van der Waals surface area contributed by atoms with Gasteiger partial charge in [0.15, 0.2) is 5.15 Å². The molecule has 2 aromatic rings. The van der Waals surface area contributed by atoms with Gasteiger partial charge in [-0.2, -0.15) is 0 Å². The molecule has 1 aromatic heterocycles. The van der Waals surface area contributed by atoms with Gasteiger partial charge < -0.3 is 5.73 Å². The molecule has 9 heteroatoms. The average Bonchev–Trinajstić information content (AvgIpc) is 2.37. The molecule has 0 bridgehead atoms. The molecule has 112 valence electrons. The largest absolute Gasteiger partial charge is 0.399 e. The summed E-state index contributed by atoms with van der Waals surface area (Å²) in [6.07, 6.45) is 1.42. The van der Waals surface area contributed by atoms with Gasteiger partial charge in [-0.25, -0.2) is 17.8 Å². The summed E-state index contributed by atoms with van der Waals surface area (Å²) < 4.78 is 41.2. The Kier molecular flexibility index (Phi) is 4.40. The Bertz CT molecular complexity index is 814. The van der Waals surface area contributed by atoms with Crippen LogP contribution in [0.25, 0.3) is 0 Å². The first kappa shape index (κ1) is 16.0. The van der Waals surface area contributed by atoms with E-state index in [1.54, 1.807) is 0 Å². The van der Waals surface area contributed by atoms with E-state index in [-0.39, 0.29) is 27.0 Å². The lowest BCUT2D eigenvalue weighted by Gasteiger charge is -2.12. The minimum Gasteiger partial charge on any atom is -0.399 e. The van der Waals surface area contributed by atoms with Crippen molar-refractivity contribution >= 4 is 48.9 Å². The molecular formula is C12H10BrClFN3O2S. The summed E-state index contributed by atoms with van der Waals surface area (Å²) in [5, 5.41) is -0.0243. The van der Waals surface area contributed by atoms with Gasteiger partial charge in [-0.1, -0.05) is 11.6 Å². The molecule has 0 fully saturated rings. The van der Waals surface area contributed by atoms with E-state index in [4.69, 9.17) is 17.3 Å². The molecule has 0 spiro atoms. The summed E-state index contributed by atoms with van der Waals surface area (Å²) in [6.45, 7) is 1.35. The van der Waals surface area contributed by atoms with Crippen LogP contribution in [0.4, 0.5) is 15.8 Å². The number of nitrogen functional groups attached to an aromatic ring is 1. The standard InChI is InChI=1S/C12H10BrClFN3O2S/c1-6-9(15)3-8(16)4-11(6)21(19,20)18-10-2-7(13)5-17-12(10)14/h2-5,18H,16H2,1H3. The van der Waals surface area contributed by atoms with Gasteiger partial charge >= 0.3 is 0 Å². The SMILES string of the molecule is Cc1c(F)cc(N)cc1S(=O)(=O)Nc1cc(Br)cnc1Cl. The van der Waals surface area contributed by atoms with Crippen LogP contribution in [0.5, 0.6) is 0 Å². The van der Waals surface area contributed by atoms with E-state index in [0.717, 1.165) is 6.07 Å². The summed E-state index contributed by atoms with van der Waals surface area (Å²) >= 11 is 9.00. The molecule has 0 aliphatic rings. The number of nitrogens with one attached hydrogen (secondary N) is 1. The lowest BCUT2D eigenvalue weighted by molar-refractivity contribution is 0.591. The minimum absolute atomic E-state index is 0.0111. The van der Waals surface area contributed by atoms with Crippen LogP contribution in [0.2, 0.25) is 5.15 Å². The Morgan fingerprint density at radius 1 is 1.38 bits per heavy atom. The fourth-order valence-electron chi connectivity index (χ4n) is 1.65. The number of benzene rings is 1. The van der Waals surface area contributed by atoms with E-state index >= 15 is 0 Å². The maximum atomic E-state index is 13.6. The maximum Gasteiger partial charge on any atom is 0.262 e. The van der Waals surface area contributed by atoms with E-state index in [0.29, 0.717) is 4.47 Å². The number of pyridine rings is 1. The van der Waals surface area contributed by atoms with Crippen molar-refractivity contribution in [2.45, 2.75) is 11.8 Å². The molecule has 0 unspecified atom stereocenters. The van der Waals surface area contributed by atoms with Crippen LogP contribution in [-0.4, -0.2) is 13.4 Å². The maximum absolute atomic E-state index is 13.6. The molecule has 0 saturated carbocycles. The Labute approximate surface area is 134 Å². The minimum atomic E-state index is -4.04. The van der Waals surface area contributed by atoms with Crippen molar-refractivity contribution in [2.24, 2.45) is 0 Å². The highest BCUT2D eigenvalue weighted by Gasteiger charge is 2.21. The molecule has 3 N–H and O–H groups in total. The first-order valence-corrected chi connectivity index (χ1v) is 8.25. The Balaban J connectivity index is 2.51. The molecule has 2 rings (SSSR count). The molecule has 0 aliphatic carbocycles. The second kappa shape index (κ2) is 5.78. The molecule has 1 aromatic carbocycles. The molecule has 0 amide bonds. The normalized spacial score (nSPS) is 11.4. The predicted molar refractivity (Wildman–Crippen MR) is 83.3 cm³/mol. The van der Waals surface area contributed by atoms with Crippen LogP contribution in [0.1, 0.15) is 5.56 Å². The second-order valence-electron chi connectivity index (χ2n) is 4.22. The number of anilines is 2. The molecule has 0 atom stereocenters. The fourth-order valence-corrected chi connectivity index (χ4v) is 3.53. The van der Waals surface area contributed by atoms with Crippen molar-refractivity contribution in [3.05, 3.63) is 45.4 Å². The zero-order valence-electron chi connectivity index (χ0n) is 10.7. The van der Waals surface area contributed by atoms with Gasteiger partial charge in [0.1, 0.15) is 5.82 Å². The van der Waals surface area contributed by atoms with Gasteiger partial charge in [-0.15, -0.1) is 0 Å². The number of nitrogens with zero attached hydrogens (tertiary/aromatic N) is 1. The van der Waals surface area contributed by atoms with E-state index < -0.39 is 15.8 Å². The van der Waals surface area contributed by atoms with Crippen LogP contribution in [0.15, 0.2) is 33.8 Å². The summed E-state index contributed by atoms with van der Waals surface area (Å²) in [4.78, 5) is 3.55. The third kappa shape index (κ3) is 3.45. The lowest BCUT2D eigenvalue weighted by Crippen LogP contribution is -2.16. The van der Waals surface area contributed by atoms with Gasteiger partial charge in [0.05, 0.1) is 10.6 Å². The van der Waals surface area contributed by atoms with Crippen molar-refractivity contribution in [3.63, 3.8) is 0 Å².